The second-order valence-electron chi connectivity index (χ2n) is 5.57. The minimum absolute atomic E-state index is 0.213. The van der Waals surface area contributed by atoms with E-state index in [1.165, 1.54) is 18.4 Å². The van der Waals surface area contributed by atoms with Crippen LogP contribution in [0.15, 0.2) is 11.6 Å². The van der Waals surface area contributed by atoms with Gasteiger partial charge in [0.05, 0.1) is 0 Å². The van der Waals surface area contributed by atoms with Gasteiger partial charge >= 0.3 is 0 Å². The molecule has 0 aromatic heterocycles. The van der Waals surface area contributed by atoms with E-state index in [0.717, 1.165) is 25.7 Å². The molecule has 1 fully saturated rings. The molecule has 2 heteroatoms. The van der Waals surface area contributed by atoms with E-state index in [9.17, 15) is 0 Å². The van der Waals surface area contributed by atoms with E-state index in [1.54, 1.807) is 0 Å². The lowest BCUT2D eigenvalue weighted by atomic mass is 9.97. The second-order valence-corrected chi connectivity index (χ2v) is 5.57. The molecule has 15 heavy (non-hydrogen) atoms. The van der Waals surface area contributed by atoms with Crippen LogP contribution in [-0.2, 0) is 4.74 Å². The molecule has 0 aromatic rings. The van der Waals surface area contributed by atoms with Crippen molar-refractivity contribution >= 4 is 0 Å². The highest BCUT2D eigenvalue weighted by molar-refractivity contribution is 5.04. The zero-order chi connectivity index (χ0) is 11.3. The average Bonchev–Trinajstić information content (AvgIpc) is 2.15. The van der Waals surface area contributed by atoms with Crippen LogP contribution in [0.1, 0.15) is 40.5 Å². The molecule has 1 saturated heterocycles. The Balaban J connectivity index is 2.31. The Morgan fingerprint density at radius 2 is 1.93 bits per heavy atom. The lowest BCUT2D eigenvalue weighted by molar-refractivity contribution is 0.0783. The van der Waals surface area contributed by atoms with E-state index in [2.05, 4.69) is 39.1 Å². The standard InChI is InChI=1S/C13H25NO/c1-11(10-14-13(2,3)4)9-12-5-7-15-8-6-12/h9,12,14H,5-8,10H2,1-4H3. The third-order valence-corrected chi connectivity index (χ3v) is 2.68. The quantitative estimate of drug-likeness (QED) is 0.725. The van der Waals surface area contributed by atoms with E-state index >= 15 is 0 Å². The Bertz CT molecular complexity index is 209. The molecule has 1 aliphatic rings. The van der Waals surface area contributed by atoms with Gasteiger partial charge in [-0.2, -0.15) is 0 Å². The number of nitrogens with one attached hydrogen (secondary N) is 1. The maximum absolute atomic E-state index is 5.35. The molecule has 1 aliphatic heterocycles. The van der Waals surface area contributed by atoms with Gasteiger partial charge in [-0.1, -0.05) is 11.6 Å². The molecule has 88 valence electrons. The van der Waals surface area contributed by atoms with Gasteiger partial charge in [-0.25, -0.2) is 0 Å². The van der Waals surface area contributed by atoms with Gasteiger partial charge in [0.2, 0.25) is 0 Å². The first-order valence-corrected chi connectivity index (χ1v) is 5.97. The van der Waals surface area contributed by atoms with Crippen molar-refractivity contribution in [1.29, 1.82) is 0 Å². The number of rotatable bonds is 3. The van der Waals surface area contributed by atoms with Gasteiger partial charge in [0, 0.05) is 25.3 Å². The van der Waals surface area contributed by atoms with Gasteiger partial charge in [0.1, 0.15) is 0 Å². The number of ether oxygens (including phenoxy) is 1. The molecule has 0 amide bonds. The predicted molar refractivity (Wildman–Crippen MR) is 65.1 cm³/mol. The zero-order valence-corrected chi connectivity index (χ0v) is 10.6. The van der Waals surface area contributed by atoms with Gasteiger partial charge < -0.3 is 10.1 Å². The molecule has 1 heterocycles. The molecule has 2 nitrogen and oxygen atoms in total. The Labute approximate surface area is 94.1 Å². The minimum atomic E-state index is 0.213. The summed E-state index contributed by atoms with van der Waals surface area (Å²) in [6, 6.07) is 0. The maximum Gasteiger partial charge on any atom is 0.0471 e. The summed E-state index contributed by atoms with van der Waals surface area (Å²) in [4.78, 5) is 0. The topological polar surface area (TPSA) is 21.3 Å². The van der Waals surface area contributed by atoms with Gasteiger partial charge in [-0.05, 0) is 46.5 Å². The van der Waals surface area contributed by atoms with Crippen molar-refractivity contribution < 1.29 is 4.74 Å². The van der Waals surface area contributed by atoms with E-state index in [4.69, 9.17) is 4.74 Å². The molecule has 0 aliphatic carbocycles. The molecule has 0 atom stereocenters. The van der Waals surface area contributed by atoms with Crippen LogP contribution in [0.5, 0.6) is 0 Å². The lowest BCUT2D eigenvalue weighted by Crippen LogP contribution is -2.36. The van der Waals surface area contributed by atoms with Crippen molar-refractivity contribution in [3.8, 4) is 0 Å². The summed E-state index contributed by atoms with van der Waals surface area (Å²) in [6.45, 7) is 11.7. The number of hydrogen-bond acceptors (Lipinski definition) is 2. The smallest absolute Gasteiger partial charge is 0.0471 e. The van der Waals surface area contributed by atoms with Crippen LogP contribution in [0, 0.1) is 5.92 Å². The Morgan fingerprint density at radius 3 is 2.47 bits per heavy atom. The molecular weight excluding hydrogens is 186 g/mol. The van der Waals surface area contributed by atoms with Crippen molar-refractivity contribution in [2.24, 2.45) is 5.92 Å². The van der Waals surface area contributed by atoms with Gasteiger partial charge in [0.25, 0.3) is 0 Å². The molecule has 0 unspecified atom stereocenters. The molecular formula is C13H25NO. The second kappa shape index (κ2) is 5.66. The summed E-state index contributed by atoms with van der Waals surface area (Å²) in [6.07, 6.45) is 4.79. The minimum Gasteiger partial charge on any atom is -0.381 e. The average molecular weight is 211 g/mol. The van der Waals surface area contributed by atoms with Crippen LogP contribution in [0.25, 0.3) is 0 Å². The van der Waals surface area contributed by atoms with Crippen molar-refractivity contribution in [3.05, 3.63) is 11.6 Å². The van der Waals surface area contributed by atoms with Crippen molar-refractivity contribution in [3.63, 3.8) is 0 Å². The van der Waals surface area contributed by atoms with Crippen LogP contribution in [0.4, 0.5) is 0 Å². The molecule has 0 radical (unpaired) electrons. The normalized spacial score (nSPS) is 20.7. The molecule has 0 spiro atoms. The van der Waals surface area contributed by atoms with Gasteiger partial charge in [0.15, 0.2) is 0 Å². The SMILES string of the molecule is CC(=CC1CCOCC1)CNC(C)(C)C. The molecule has 0 saturated carbocycles. The number of hydrogen-bond donors (Lipinski definition) is 1. The van der Waals surface area contributed by atoms with E-state index in [1.807, 2.05) is 0 Å². The Kier molecular flexibility index (Phi) is 4.81. The van der Waals surface area contributed by atoms with Crippen LogP contribution in [0.2, 0.25) is 0 Å². The summed E-state index contributed by atoms with van der Waals surface area (Å²) in [7, 11) is 0. The first-order valence-electron chi connectivity index (χ1n) is 5.97. The molecule has 0 aromatic carbocycles. The van der Waals surface area contributed by atoms with Crippen molar-refractivity contribution in [2.75, 3.05) is 19.8 Å². The maximum atomic E-state index is 5.35. The van der Waals surface area contributed by atoms with E-state index in [-0.39, 0.29) is 5.54 Å². The van der Waals surface area contributed by atoms with Crippen LogP contribution in [0.3, 0.4) is 0 Å². The summed E-state index contributed by atoms with van der Waals surface area (Å²) in [5, 5.41) is 3.51. The van der Waals surface area contributed by atoms with E-state index in [0.29, 0.717) is 0 Å². The van der Waals surface area contributed by atoms with Crippen molar-refractivity contribution in [2.45, 2.75) is 46.1 Å². The van der Waals surface area contributed by atoms with Crippen LogP contribution in [-0.4, -0.2) is 25.3 Å². The summed E-state index contributed by atoms with van der Waals surface area (Å²) in [5.41, 5.74) is 1.67. The summed E-state index contributed by atoms with van der Waals surface area (Å²) >= 11 is 0. The fourth-order valence-electron chi connectivity index (χ4n) is 1.75. The Morgan fingerprint density at radius 1 is 1.33 bits per heavy atom. The third-order valence-electron chi connectivity index (χ3n) is 2.68. The largest absolute Gasteiger partial charge is 0.381 e. The summed E-state index contributed by atoms with van der Waals surface area (Å²) in [5.74, 6) is 0.737. The van der Waals surface area contributed by atoms with Crippen LogP contribution >= 0.6 is 0 Å². The zero-order valence-electron chi connectivity index (χ0n) is 10.6. The van der Waals surface area contributed by atoms with Crippen molar-refractivity contribution in [1.82, 2.24) is 5.32 Å². The highest BCUT2D eigenvalue weighted by atomic mass is 16.5. The lowest BCUT2D eigenvalue weighted by Gasteiger charge is -2.23. The van der Waals surface area contributed by atoms with Gasteiger partial charge in [-0.15, -0.1) is 0 Å². The highest BCUT2D eigenvalue weighted by Gasteiger charge is 2.12. The fourth-order valence-corrected chi connectivity index (χ4v) is 1.75. The molecule has 0 bridgehead atoms. The third kappa shape index (κ3) is 5.95. The predicted octanol–water partition coefficient (Wildman–Crippen LogP) is 2.75. The first-order chi connectivity index (χ1) is 6.97. The first kappa shape index (κ1) is 12.7. The highest BCUT2D eigenvalue weighted by Crippen LogP contribution is 2.17. The Hall–Kier alpha value is -0.340. The van der Waals surface area contributed by atoms with Crippen LogP contribution < -0.4 is 5.32 Å². The monoisotopic (exact) mass is 211 g/mol. The fraction of sp³-hybridized carbons (Fsp3) is 0.846. The van der Waals surface area contributed by atoms with Gasteiger partial charge in [-0.3, -0.25) is 0 Å². The van der Waals surface area contributed by atoms with E-state index < -0.39 is 0 Å². The number of allylic oxidation sites excluding steroid dienone is 1. The summed E-state index contributed by atoms with van der Waals surface area (Å²) < 4.78 is 5.35. The molecule has 1 rings (SSSR count). The molecule has 1 N–H and O–H groups in total.